The van der Waals surface area contributed by atoms with Crippen molar-refractivity contribution in [1.29, 1.82) is 0 Å². The van der Waals surface area contributed by atoms with Crippen LogP contribution in [0.3, 0.4) is 0 Å². The van der Waals surface area contributed by atoms with E-state index < -0.39 is 6.10 Å². The Balaban J connectivity index is 2.03. The van der Waals surface area contributed by atoms with Crippen molar-refractivity contribution in [3.05, 3.63) is 40.0 Å². The van der Waals surface area contributed by atoms with Crippen LogP contribution in [0.1, 0.15) is 19.5 Å². The maximum Gasteiger partial charge on any atom is 0.254 e. The number of halogens is 2. The fraction of sp³-hybridized carbons (Fsp3) is 0.421. The number of rotatable bonds is 9. The van der Waals surface area contributed by atoms with Crippen molar-refractivity contribution in [3.63, 3.8) is 0 Å². The standard InChI is InChI=1S/C19H27Cl2N7O/c1-4-28(5-2)11-14(29)10-23-17-8-12(3)24-19(26-17)27-18(22)25-13-6-7-15(20)16(21)9-13/h6-9,14,29H,4-5,10-11H2,1-3H3,(H4,22,23,24,25,26,27). The molecule has 5 N–H and O–H groups in total. The number of hydrogen-bond donors (Lipinski definition) is 4. The van der Waals surface area contributed by atoms with E-state index in [-0.39, 0.29) is 11.9 Å². The highest BCUT2D eigenvalue weighted by Gasteiger charge is 2.10. The molecule has 158 valence electrons. The molecule has 0 aliphatic rings. The number of aryl methyl sites for hydroxylation is 1. The quantitative estimate of drug-likeness (QED) is 0.350. The molecule has 29 heavy (non-hydrogen) atoms. The number of nitrogens with one attached hydrogen (secondary N) is 2. The number of benzene rings is 1. The molecule has 10 heteroatoms. The summed E-state index contributed by atoms with van der Waals surface area (Å²) in [4.78, 5) is 15.0. The predicted molar refractivity (Wildman–Crippen MR) is 120 cm³/mol. The Morgan fingerprint density at radius 2 is 1.93 bits per heavy atom. The number of guanidine groups is 1. The van der Waals surface area contributed by atoms with Gasteiger partial charge in [-0.1, -0.05) is 37.0 Å². The lowest BCUT2D eigenvalue weighted by atomic mass is 10.3. The smallest absolute Gasteiger partial charge is 0.254 e. The summed E-state index contributed by atoms with van der Waals surface area (Å²) >= 11 is 11.9. The van der Waals surface area contributed by atoms with Crippen molar-refractivity contribution >= 4 is 46.6 Å². The van der Waals surface area contributed by atoms with Crippen LogP contribution in [0.25, 0.3) is 0 Å². The van der Waals surface area contributed by atoms with E-state index in [1.165, 1.54) is 0 Å². The summed E-state index contributed by atoms with van der Waals surface area (Å²) in [5, 5.41) is 17.1. The van der Waals surface area contributed by atoms with E-state index in [0.29, 0.717) is 34.6 Å². The second kappa shape index (κ2) is 11.2. The zero-order valence-electron chi connectivity index (χ0n) is 16.8. The maximum absolute atomic E-state index is 10.2. The zero-order chi connectivity index (χ0) is 21.4. The van der Waals surface area contributed by atoms with Crippen LogP contribution in [0.4, 0.5) is 17.5 Å². The van der Waals surface area contributed by atoms with Gasteiger partial charge in [0.25, 0.3) is 5.95 Å². The van der Waals surface area contributed by atoms with Gasteiger partial charge in [0, 0.05) is 30.5 Å². The largest absolute Gasteiger partial charge is 0.390 e. The Morgan fingerprint density at radius 3 is 2.59 bits per heavy atom. The van der Waals surface area contributed by atoms with E-state index in [2.05, 4.69) is 44.3 Å². The molecule has 2 aromatic rings. The van der Waals surface area contributed by atoms with Crippen molar-refractivity contribution in [2.24, 2.45) is 10.7 Å². The molecule has 1 heterocycles. The minimum atomic E-state index is -0.515. The van der Waals surface area contributed by atoms with Gasteiger partial charge >= 0.3 is 0 Å². The van der Waals surface area contributed by atoms with Gasteiger partial charge in [-0.25, -0.2) is 4.98 Å². The van der Waals surface area contributed by atoms with Gasteiger partial charge in [0.1, 0.15) is 5.82 Å². The first kappa shape index (κ1) is 23.2. The Kier molecular flexibility index (Phi) is 8.91. The first-order valence-corrected chi connectivity index (χ1v) is 10.1. The Labute approximate surface area is 181 Å². The number of aliphatic hydroxyl groups is 1. The topological polar surface area (TPSA) is 112 Å². The molecule has 0 fully saturated rings. The minimum absolute atomic E-state index is 0.113. The van der Waals surface area contributed by atoms with Crippen LogP contribution in [0, 0.1) is 6.92 Å². The van der Waals surface area contributed by atoms with E-state index in [1.807, 2.05) is 6.92 Å². The molecule has 0 aliphatic carbocycles. The Hall–Kier alpha value is -2.13. The van der Waals surface area contributed by atoms with Crippen molar-refractivity contribution < 1.29 is 5.11 Å². The number of nitrogens with zero attached hydrogens (tertiary/aromatic N) is 4. The highest BCUT2D eigenvalue weighted by Crippen LogP contribution is 2.25. The number of nitrogens with two attached hydrogens (primary N) is 1. The lowest BCUT2D eigenvalue weighted by Gasteiger charge is -2.22. The number of hydrogen-bond acceptors (Lipinski definition) is 6. The number of anilines is 2. The van der Waals surface area contributed by atoms with Gasteiger partial charge in [-0.15, -0.1) is 0 Å². The average molecular weight is 440 g/mol. The molecule has 1 aromatic heterocycles. The van der Waals surface area contributed by atoms with E-state index in [1.54, 1.807) is 24.3 Å². The lowest BCUT2D eigenvalue weighted by Crippen LogP contribution is -2.36. The van der Waals surface area contributed by atoms with Gasteiger partial charge in [-0.05, 0) is 38.2 Å². The Morgan fingerprint density at radius 1 is 1.21 bits per heavy atom. The van der Waals surface area contributed by atoms with E-state index in [9.17, 15) is 5.11 Å². The van der Waals surface area contributed by atoms with Crippen LogP contribution in [-0.4, -0.2) is 58.2 Å². The van der Waals surface area contributed by atoms with Crippen LogP contribution in [0.15, 0.2) is 29.3 Å². The van der Waals surface area contributed by atoms with Crippen LogP contribution >= 0.6 is 23.2 Å². The third-order valence-electron chi connectivity index (χ3n) is 4.14. The SMILES string of the molecule is CCN(CC)CC(O)CNc1cc(C)nc(N=C(N)Nc2ccc(Cl)c(Cl)c2)n1. The minimum Gasteiger partial charge on any atom is -0.390 e. The summed E-state index contributed by atoms with van der Waals surface area (Å²) in [7, 11) is 0. The first-order valence-electron chi connectivity index (χ1n) is 9.36. The number of aliphatic imine (C=N–C) groups is 1. The summed E-state index contributed by atoms with van der Waals surface area (Å²) in [5.41, 5.74) is 7.32. The second-order valence-electron chi connectivity index (χ2n) is 6.47. The van der Waals surface area contributed by atoms with Gasteiger partial charge < -0.3 is 26.4 Å². The van der Waals surface area contributed by atoms with E-state index in [4.69, 9.17) is 28.9 Å². The number of aliphatic hydroxyl groups excluding tert-OH is 1. The van der Waals surface area contributed by atoms with Crippen LogP contribution in [0.5, 0.6) is 0 Å². The van der Waals surface area contributed by atoms with Crippen molar-refractivity contribution in [2.45, 2.75) is 26.9 Å². The average Bonchev–Trinajstić information content (AvgIpc) is 2.67. The lowest BCUT2D eigenvalue weighted by molar-refractivity contribution is 0.128. The molecule has 1 atom stereocenters. The highest BCUT2D eigenvalue weighted by molar-refractivity contribution is 6.42. The molecule has 0 bridgehead atoms. The van der Waals surface area contributed by atoms with Gasteiger partial charge in [0.2, 0.25) is 5.96 Å². The molecule has 0 saturated carbocycles. The van der Waals surface area contributed by atoms with Gasteiger partial charge in [0.05, 0.1) is 16.1 Å². The summed E-state index contributed by atoms with van der Waals surface area (Å²) in [5.74, 6) is 0.884. The van der Waals surface area contributed by atoms with Crippen LogP contribution in [0.2, 0.25) is 10.0 Å². The molecule has 0 amide bonds. The van der Waals surface area contributed by atoms with Gasteiger partial charge in [-0.3, -0.25) is 0 Å². The monoisotopic (exact) mass is 439 g/mol. The van der Waals surface area contributed by atoms with Crippen LogP contribution < -0.4 is 16.4 Å². The third kappa shape index (κ3) is 7.66. The fourth-order valence-electron chi connectivity index (χ4n) is 2.62. The normalized spacial score (nSPS) is 12.9. The third-order valence-corrected chi connectivity index (χ3v) is 4.88. The summed E-state index contributed by atoms with van der Waals surface area (Å²) in [6.45, 7) is 8.72. The summed E-state index contributed by atoms with van der Waals surface area (Å²) in [6, 6.07) is 6.82. The molecule has 0 saturated heterocycles. The molecule has 0 radical (unpaired) electrons. The van der Waals surface area contributed by atoms with Crippen molar-refractivity contribution in [2.75, 3.05) is 36.8 Å². The first-order chi connectivity index (χ1) is 13.8. The molecule has 0 aliphatic heterocycles. The molecule has 2 rings (SSSR count). The molecular weight excluding hydrogens is 413 g/mol. The molecule has 8 nitrogen and oxygen atoms in total. The van der Waals surface area contributed by atoms with E-state index in [0.717, 1.165) is 18.8 Å². The van der Waals surface area contributed by atoms with Crippen LogP contribution in [-0.2, 0) is 0 Å². The van der Waals surface area contributed by atoms with Gasteiger partial charge in [0.15, 0.2) is 0 Å². The van der Waals surface area contributed by atoms with E-state index >= 15 is 0 Å². The molecule has 0 spiro atoms. The van der Waals surface area contributed by atoms with Crippen molar-refractivity contribution in [3.8, 4) is 0 Å². The Bertz CT molecular complexity index is 843. The highest BCUT2D eigenvalue weighted by atomic mass is 35.5. The predicted octanol–water partition coefficient (Wildman–Crippen LogP) is 3.26. The molecule has 1 unspecified atom stereocenters. The maximum atomic E-state index is 10.2. The zero-order valence-corrected chi connectivity index (χ0v) is 18.3. The summed E-state index contributed by atoms with van der Waals surface area (Å²) < 4.78 is 0. The summed E-state index contributed by atoms with van der Waals surface area (Å²) in [6.07, 6.45) is -0.515. The number of aromatic nitrogens is 2. The molecular formula is C19H27Cl2N7O. The number of likely N-dealkylation sites (N-methyl/N-ethyl adjacent to an activating group) is 1. The van der Waals surface area contributed by atoms with Crippen molar-refractivity contribution in [1.82, 2.24) is 14.9 Å². The van der Waals surface area contributed by atoms with Gasteiger partial charge in [-0.2, -0.15) is 9.98 Å². The fourth-order valence-corrected chi connectivity index (χ4v) is 2.92. The molecule has 1 aromatic carbocycles. The second-order valence-corrected chi connectivity index (χ2v) is 7.28.